The second kappa shape index (κ2) is 4.46. The molecule has 1 heterocycles. The molecule has 4 bridgehead atoms. The molecule has 0 aromatic carbocycles. The summed E-state index contributed by atoms with van der Waals surface area (Å²) in [6.45, 7) is 6.21. The molecule has 1 aliphatic heterocycles. The Morgan fingerprint density at radius 3 is 2.05 bits per heavy atom. The highest BCUT2D eigenvalue weighted by molar-refractivity contribution is 5.03. The Labute approximate surface area is 118 Å². The minimum absolute atomic E-state index is 0.428. The third-order valence-corrected chi connectivity index (χ3v) is 6.49. The predicted molar refractivity (Wildman–Crippen MR) is 78.8 cm³/mol. The van der Waals surface area contributed by atoms with Crippen molar-refractivity contribution in [3.63, 3.8) is 0 Å². The first kappa shape index (κ1) is 12.6. The molecule has 19 heavy (non-hydrogen) atoms. The van der Waals surface area contributed by atoms with Crippen LogP contribution in [0.1, 0.15) is 51.9 Å². The van der Waals surface area contributed by atoms with Gasteiger partial charge >= 0.3 is 0 Å². The summed E-state index contributed by atoms with van der Waals surface area (Å²) in [6, 6.07) is 0.428. The average molecular weight is 262 g/mol. The molecule has 0 amide bonds. The molecule has 5 rings (SSSR count). The Morgan fingerprint density at radius 1 is 0.947 bits per heavy atom. The van der Waals surface area contributed by atoms with E-state index in [9.17, 15) is 0 Å². The zero-order valence-corrected chi connectivity index (χ0v) is 12.5. The van der Waals surface area contributed by atoms with E-state index in [1.807, 2.05) is 0 Å². The predicted octanol–water partition coefficient (Wildman–Crippen LogP) is 2.87. The van der Waals surface area contributed by atoms with Crippen molar-refractivity contribution in [1.82, 2.24) is 4.90 Å². The van der Waals surface area contributed by atoms with E-state index in [-0.39, 0.29) is 0 Å². The summed E-state index contributed by atoms with van der Waals surface area (Å²) in [6.07, 6.45) is 10.5. The van der Waals surface area contributed by atoms with Crippen LogP contribution in [0.3, 0.4) is 0 Å². The van der Waals surface area contributed by atoms with Crippen LogP contribution in [0.25, 0.3) is 0 Å². The smallest absolute Gasteiger partial charge is 0.0170 e. The van der Waals surface area contributed by atoms with Crippen LogP contribution in [0.2, 0.25) is 0 Å². The molecular formula is C17H30N2. The normalized spacial score (nSPS) is 53.7. The lowest BCUT2D eigenvalue weighted by Gasteiger charge is -2.58. The summed E-state index contributed by atoms with van der Waals surface area (Å²) in [5.41, 5.74) is 6.94. The van der Waals surface area contributed by atoms with Crippen molar-refractivity contribution in [2.75, 3.05) is 19.6 Å². The van der Waals surface area contributed by atoms with E-state index in [0.717, 1.165) is 30.2 Å². The molecule has 108 valence electrons. The largest absolute Gasteiger partial charge is 0.327 e. The highest BCUT2D eigenvalue weighted by Crippen LogP contribution is 2.60. The standard InChI is InChI=1S/C17H30N2/c1-12-2-16(18)10-19(9-12)11-17-6-13-3-14(7-17)5-15(4-13)8-17/h12-16H,2-11,18H2,1H3. The average Bonchev–Trinajstić information content (AvgIpc) is 2.23. The van der Waals surface area contributed by atoms with Gasteiger partial charge in [0.2, 0.25) is 0 Å². The molecule has 4 aliphatic carbocycles. The van der Waals surface area contributed by atoms with Gasteiger partial charge in [-0.15, -0.1) is 0 Å². The molecule has 0 aromatic heterocycles. The second-order valence-electron chi connectivity index (χ2n) is 8.71. The first-order valence-corrected chi connectivity index (χ1v) is 8.58. The minimum atomic E-state index is 0.428. The summed E-state index contributed by atoms with van der Waals surface area (Å²) < 4.78 is 0. The van der Waals surface area contributed by atoms with Crippen molar-refractivity contribution in [2.24, 2.45) is 34.8 Å². The topological polar surface area (TPSA) is 29.3 Å². The maximum atomic E-state index is 6.24. The van der Waals surface area contributed by atoms with Crippen LogP contribution in [-0.2, 0) is 0 Å². The lowest BCUT2D eigenvalue weighted by atomic mass is 9.49. The number of rotatable bonds is 2. The minimum Gasteiger partial charge on any atom is -0.327 e. The first-order valence-electron chi connectivity index (χ1n) is 8.58. The Morgan fingerprint density at radius 2 is 1.53 bits per heavy atom. The maximum Gasteiger partial charge on any atom is 0.0170 e. The molecule has 4 saturated carbocycles. The van der Waals surface area contributed by atoms with Gasteiger partial charge in [-0.3, -0.25) is 0 Å². The molecular weight excluding hydrogens is 232 g/mol. The van der Waals surface area contributed by atoms with Gasteiger partial charge in [0.1, 0.15) is 0 Å². The second-order valence-corrected chi connectivity index (χ2v) is 8.71. The van der Waals surface area contributed by atoms with E-state index in [4.69, 9.17) is 5.73 Å². The van der Waals surface area contributed by atoms with Gasteiger partial charge in [0.05, 0.1) is 0 Å². The number of likely N-dealkylation sites (tertiary alicyclic amines) is 1. The Kier molecular flexibility index (Phi) is 2.97. The van der Waals surface area contributed by atoms with E-state index in [2.05, 4.69) is 11.8 Å². The van der Waals surface area contributed by atoms with Gasteiger partial charge in [-0.2, -0.15) is 0 Å². The molecule has 0 aromatic rings. The van der Waals surface area contributed by atoms with Crippen LogP contribution in [0, 0.1) is 29.1 Å². The lowest BCUT2D eigenvalue weighted by Crippen LogP contribution is -2.55. The Bertz CT molecular complexity index is 306. The van der Waals surface area contributed by atoms with E-state index in [0.29, 0.717) is 11.5 Å². The van der Waals surface area contributed by atoms with Crippen LogP contribution in [0.4, 0.5) is 0 Å². The number of piperidine rings is 1. The van der Waals surface area contributed by atoms with E-state index >= 15 is 0 Å². The van der Waals surface area contributed by atoms with E-state index < -0.39 is 0 Å². The van der Waals surface area contributed by atoms with Gasteiger partial charge in [0, 0.05) is 25.7 Å². The molecule has 5 fully saturated rings. The molecule has 2 heteroatoms. The summed E-state index contributed by atoms with van der Waals surface area (Å²) in [5.74, 6) is 4.06. The number of nitrogens with zero attached hydrogens (tertiary/aromatic N) is 1. The van der Waals surface area contributed by atoms with Crippen molar-refractivity contribution in [3.05, 3.63) is 0 Å². The quantitative estimate of drug-likeness (QED) is 0.829. The van der Waals surface area contributed by atoms with Crippen molar-refractivity contribution >= 4 is 0 Å². The van der Waals surface area contributed by atoms with Gasteiger partial charge in [-0.05, 0) is 74.0 Å². The SMILES string of the molecule is CC1CC(N)CN(CC23CC4CC(CC(C4)C2)C3)C1. The highest BCUT2D eigenvalue weighted by Gasteiger charge is 2.51. The molecule has 0 spiro atoms. The molecule has 2 N–H and O–H groups in total. The fourth-order valence-corrected chi connectivity index (χ4v) is 6.60. The number of nitrogens with two attached hydrogens (primary N) is 1. The highest BCUT2D eigenvalue weighted by atomic mass is 15.2. The first-order chi connectivity index (χ1) is 9.10. The van der Waals surface area contributed by atoms with Gasteiger partial charge in [-0.25, -0.2) is 0 Å². The van der Waals surface area contributed by atoms with Crippen LogP contribution in [0.5, 0.6) is 0 Å². The maximum absolute atomic E-state index is 6.24. The molecule has 1 saturated heterocycles. The fraction of sp³-hybridized carbons (Fsp3) is 1.00. The third kappa shape index (κ3) is 2.35. The van der Waals surface area contributed by atoms with Crippen molar-refractivity contribution in [1.29, 1.82) is 0 Å². The monoisotopic (exact) mass is 262 g/mol. The van der Waals surface area contributed by atoms with Crippen molar-refractivity contribution < 1.29 is 0 Å². The van der Waals surface area contributed by atoms with Crippen LogP contribution >= 0.6 is 0 Å². The summed E-state index contributed by atoms with van der Waals surface area (Å²) >= 11 is 0. The number of hydrogen-bond donors (Lipinski definition) is 1. The molecule has 2 unspecified atom stereocenters. The molecule has 2 atom stereocenters. The molecule has 2 nitrogen and oxygen atoms in total. The van der Waals surface area contributed by atoms with Gasteiger partial charge < -0.3 is 10.6 Å². The summed E-state index contributed by atoms with van der Waals surface area (Å²) in [5, 5.41) is 0. The number of hydrogen-bond acceptors (Lipinski definition) is 2. The Hall–Kier alpha value is -0.0800. The van der Waals surface area contributed by atoms with Gasteiger partial charge in [0.25, 0.3) is 0 Å². The molecule has 0 radical (unpaired) electrons. The van der Waals surface area contributed by atoms with Crippen LogP contribution in [0.15, 0.2) is 0 Å². The van der Waals surface area contributed by atoms with Crippen molar-refractivity contribution in [2.45, 2.75) is 57.9 Å². The lowest BCUT2D eigenvalue weighted by molar-refractivity contribution is -0.0737. The van der Waals surface area contributed by atoms with Gasteiger partial charge in [-0.1, -0.05) is 6.92 Å². The summed E-state index contributed by atoms with van der Waals surface area (Å²) in [7, 11) is 0. The van der Waals surface area contributed by atoms with E-state index in [1.165, 1.54) is 19.5 Å². The Balaban J connectivity index is 1.47. The molecule has 5 aliphatic rings. The van der Waals surface area contributed by atoms with E-state index in [1.54, 1.807) is 38.5 Å². The zero-order chi connectivity index (χ0) is 13.0. The zero-order valence-electron chi connectivity index (χ0n) is 12.5. The fourth-order valence-electron chi connectivity index (χ4n) is 6.60. The van der Waals surface area contributed by atoms with Crippen LogP contribution in [-0.4, -0.2) is 30.6 Å². The van der Waals surface area contributed by atoms with Crippen LogP contribution < -0.4 is 5.73 Å². The third-order valence-electron chi connectivity index (χ3n) is 6.49. The van der Waals surface area contributed by atoms with Gasteiger partial charge in [0.15, 0.2) is 0 Å². The van der Waals surface area contributed by atoms with Crippen molar-refractivity contribution in [3.8, 4) is 0 Å². The summed E-state index contributed by atoms with van der Waals surface area (Å²) in [4.78, 5) is 2.73.